The average molecular weight is 340 g/mol. The first-order valence-electron chi connectivity index (χ1n) is 8.03. The summed E-state index contributed by atoms with van der Waals surface area (Å²) in [5.74, 6) is -2.61. The van der Waals surface area contributed by atoms with Gasteiger partial charge in [0, 0.05) is 23.7 Å². The van der Waals surface area contributed by atoms with Gasteiger partial charge in [-0.3, -0.25) is 14.4 Å². The standard InChI is InChI=1S/C17H14O3.C3H10N2/c1-12(18)15(16(19)13-8-4-2-5-9-13)17(20)14-10-6-3-7-11-14;1-3(5)2-4/h2-11,15H,1H3;3H,2,4-5H2,1H3. The van der Waals surface area contributed by atoms with Crippen LogP contribution in [0.15, 0.2) is 60.7 Å². The average Bonchev–Trinajstić information content (AvgIpc) is 2.63. The highest BCUT2D eigenvalue weighted by Gasteiger charge is 2.32. The normalized spacial score (nSPS) is 11.2. The van der Waals surface area contributed by atoms with Crippen LogP contribution >= 0.6 is 0 Å². The summed E-state index contributed by atoms with van der Waals surface area (Å²) in [7, 11) is 0. The van der Waals surface area contributed by atoms with Crippen molar-refractivity contribution in [2.75, 3.05) is 6.54 Å². The van der Waals surface area contributed by atoms with Crippen LogP contribution in [0.25, 0.3) is 0 Å². The zero-order chi connectivity index (χ0) is 18.8. The Bertz CT molecular complexity index is 646. The Balaban J connectivity index is 0.000000550. The monoisotopic (exact) mass is 340 g/mol. The van der Waals surface area contributed by atoms with E-state index in [9.17, 15) is 14.4 Å². The molecule has 2 rings (SSSR count). The van der Waals surface area contributed by atoms with Gasteiger partial charge in [-0.2, -0.15) is 0 Å². The maximum atomic E-state index is 12.4. The van der Waals surface area contributed by atoms with E-state index in [0.717, 1.165) is 0 Å². The molecule has 0 saturated carbocycles. The predicted molar refractivity (Wildman–Crippen MR) is 98.4 cm³/mol. The highest BCUT2D eigenvalue weighted by Crippen LogP contribution is 2.16. The van der Waals surface area contributed by atoms with Gasteiger partial charge in [0.2, 0.25) is 0 Å². The minimum absolute atomic E-state index is 0.162. The highest BCUT2D eigenvalue weighted by molar-refractivity contribution is 6.27. The van der Waals surface area contributed by atoms with E-state index in [-0.39, 0.29) is 6.04 Å². The van der Waals surface area contributed by atoms with Gasteiger partial charge in [-0.05, 0) is 13.8 Å². The number of Topliss-reactive ketones (excluding diaryl/α,β-unsaturated/α-hetero) is 3. The molecule has 2 aromatic carbocycles. The molecule has 0 amide bonds. The molecule has 5 heteroatoms. The molecule has 4 N–H and O–H groups in total. The number of hydrogen-bond donors (Lipinski definition) is 2. The first kappa shape index (κ1) is 20.4. The van der Waals surface area contributed by atoms with Gasteiger partial charge in [-0.15, -0.1) is 0 Å². The van der Waals surface area contributed by atoms with Gasteiger partial charge < -0.3 is 11.5 Å². The van der Waals surface area contributed by atoms with E-state index in [2.05, 4.69) is 0 Å². The first-order valence-corrected chi connectivity index (χ1v) is 8.03. The molecule has 1 unspecified atom stereocenters. The highest BCUT2D eigenvalue weighted by atomic mass is 16.2. The van der Waals surface area contributed by atoms with Crippen molar-refractivity contribution in [1.29, 1.82) is 0 Å². The summed E-state index contributed by atoms with van der Waals surface area (Å²) in [4.78, 5) is 36.5. The second-order valence-electron chi connectivity index (χ2n) is 5.72. The number of ketones is 3. The number of carbonyl (C=O) groups excluding carboxylic acids is 3. The van der Waals surface area contributed by atoms with Gasteiger partial charge in [0.05, 0.1) is 0 Å². The lowest BCUT2D eigenvalue weighted by atomic mass is 9.87. The predicted octanol–water partition coefficient (Wildman–Crippen LogP) is 2.25. The maximum absolute atomic E-state index is 12.4. The molecule has 2 aromatic rings. The smallest absolute Gasteiger partial charge is 0.181 e. The second kappa shape index (κ2) is 10.3. The quantitative estimate of drug-likeness (QED) is 0.620. The van der Waals surface area contributed by atoms with Gasteiger partial charge in [0.25, 0.3) is 0 Å². The van der Waals surface area contributed by atoms with Gasteiger partial charge >= 0.3 is 0 Å². The van der Waals surface area contributed by atoms with Crippen LogP contribution in [-0.2, 0) is 4.79 Å². The lowest BCUT2D eigenvalue weighted by Crippen LogP contribution is -2.30. The van der Waals surface area contributed by atoms with Crippen molar-refractivity contribution >= 4 is 17.3 Å². The third-order valence-electron chi connectivity index (χ3n) is 3.42. The summed E-state index contributed by atoms with van der Waals surface area (Å²) < 4.78 is 0. The molecule has 1 atom stereocenters. The van der Waals surface area contributed by atoms with E-state index in [1.54, 1.807) is 60.7 Å². The van der Waals surface area contributed by atoms with E-state index in [1.165, 1.54) is 6.92 Å². The molecule has 0 heterocycles. The third kappa shape index (κ3) is 6.41. The summed E-state index contributed by atoms with van der Waals surface area (Å²) in [5, 5.41) is 0. The first-order chi connectivity index (χ1) is 11.9. The molecule has 0 radical (unpaired) electrons. The Morgan fingerprint density at radius 1 is 0.840 bits per heavy atom. The number of rotatable bonds is 6. The zero-order valence-corrected chi connectivity index (χ0v) is 14.5. The Morgan fingerprint density at radius 2 is 1.16 bits per heavy atom. The number of benzene rings is 2. The van der Waals surface area contributed by atoms with E-state index in [0.29, 0.717) is 17.7 Å². The minimum atomic E-state index is -1.26. The van der Waals surface area contributed by atoms with Crippen molar-refractivity contribution in [3.63, 3.8) is 0 Å². The molecule has 5 nitrogen and oxygen atoms in total. The molecule has 0 spiro atoms. The Morgan fingerprint density at radius 3 is 1.40 bits per heavy atom. The van der Waals surface area contributed by atoms with E-state index in [4.69, 9.17) is 11.5 Å². The summed E-state index contributed by atoms with van der Waals surface area (Å²) in [5.41, 5.74) is 11.0. The van der Waals surface area contributed by atoms with Crippen molar-refractivity contribution in [3.8, 4) is 0 Å². The molecule has 0 saturated heterocycles. The lowest BCUT2D eigenvalue weighted by molar-refractivity contribution is -0.118. The molecule has 0 bridgehead atoms. The zero-order valence-electron chi connectivity index (χ0n) is 14.5. The van der Waals surface area contributed by atoms with E-state index < -0.39 is 23.3 Å². The summed E-state index contributed by atoms with van der Waals surface area (Å²) in [6, 6.07) is 17.0. The van der Waals surface area contributed by atoms with Crippen LogP contribution in [-0.4, -0.2) is 29.9 Å². The molecule has 0 aliphatic carbocycles. The summed E-state index contributed by atoms with van der Waals surface area (Å²) in [6.07, 6.45) is 0. The van der Waals surface area contributed by atoms with Crippen molar-refractivity contribution in [2.45, 2.75) is 19.9 Å². The maximum Gasteiger partial charge on any atom is 0.181 e. The van der Waals surface area contributed by atoms with Gasteiger partial charge in [0.15, 0.2) is 11.6 Å². The Kier molecular flexibility index (Phi) is 8.39. The van der Waals surface area contributed by atoms with Crippen molar-refractivity contribution in [3.05, 3.63) is 71.8 Å². The topological polar surface area (TPSA) is 103 Å². The van der Waals surface area contributed by atoms with Gasteiger partial charge in [-0.25, -0.2) is 0 Å². The molecule has 0 aromatic heterocycles. The second-order valence-corrected chi connectivity index (χ2v) is 5.72. The van der Waals surface area contributed by atoms with Gasteiger partial charge in [0.1, 0.15) is 11.7 Å². The molecule has 25 heavy (non-hydrogen) atoms. The van der Waals surface area contributed by atoms with Crippen molar-refractivity contribution < 1.29 is 14.4 Å². The van der Waals surface area contributed by atoms with Crippen LogP contribution in [0.2, 0.25) is 0 Å². The summed E-state index contributed by atoms with van der Waals surface area (Å²) >= 11 is 0. The van der Waals surface area contributed by atoms with E-state index >= 15 is 0 Å². The fourth-order valence-electron chi connectivity index (χ4n) is 2.03. The molecular formula is C20H24N2O3. The Labute approximate surface area is 148 Å². The number of carbonyl (C=O) groups is 3. The SMILES string of the molecule is CC(=O)C(C(=O)c1ccccc1)C(=O)c1ccccc1.CC(N)CN. The fraction of sp³-hybridized carbons (Fsp3) is 0.250. The Hall–Kier alpha value is -2.63. The van der Waals surface area contributed by atoms with Crippen LogP contribution in [0.3, 0.4) is 0 Å². The number of nitrogens with two attached hydrogens (primary N) is 2. The van der Waals surface area contributed by atoms with Crippen LogP contribution < -0.4 is 11.5 Å². The number of hydrogen-bond acceptors (Lipinski definition) is 5. The van der Waals surface area contributed by atoms with Crippen molar-refractivity contribution in [2.24, 2.45) is 17.4 Å². The fourth-order valence-corrected chi connectivity index (χ4v) is 2.03. The van der Waals surface area contributed by atoms with Crippen LogP contribution in [0.4, 0.5) is 0 Å². The third-order valence-corrected chi connectivity index (χ3v) is 3.42. The largest absolute Gasteiger partial charge is 0.329 e. The molecule has 132 valence electrons. The summed E-state index contributed by atoms with van der Waals surface area (Å²) in [6.45, 7) is 3.73. The molecule has 0 fully saturated rings. The van der Waals surface area contributed by atoms with Crippen LogP contribution in [0.1, 0.15) is 34.6 Å². The van der Waals surface area contributed by atoms with Crippen LogP contribution in [0.5, 0.6) is 0 Å². The molecule has 0 aliphatic heterocycles. The lowest BCUT2D eigenvalue weighted by Gasteiger charge is -2.11. The minimum Gasteiger partial charge on any atom is -0.329 e. The molecular weight excluding hydrogens is 316 g/mol. The van der Waals surface area contributed by atoms with Crippen LogP contribution in [0, 0.1) is 5.92 Å². The molecule has 0 aliphatic rings. The van der Waals surface area contributed by atoms with Gasteiger partial charge in [-0.1, -0.05) is 60.7 Å². The van der Waals surface area contributed by atoms with Crippen molar-refractivity contribution in [1.82, 2.24) is 0 Å². The van der Waals surface area contributed by atoms with E-state index in [1.807, 2.05) is 6.92 Å².